The fraction of sp³-hybridized carbons (Fsp3) is 0.417. The van der Waals surface area contributed by atoms with E-state index in [-0.39, 0.29) is 5.91 Å². The third kappa shape index (κ3) is 5.29. The first-order valence-electron chi connectivity index (χ1n) is 5.98. The second-order valence-corrected chi connectivity index (χ2v) is 3.78. The van der Waals surface area contributed by atoms with Gasteiger partial charge in [0.05, 0.1) is 0 Å². The molecule has 1 aromatic rings. The number of unbranched alkanes of at least 4 members (excludes halogenated alkanes) is 2. The number of rotatable bonds is 5. The first-order valence-corrected chi connectivity index (χ1v) is 5.98. The van der Waals surface area contributed by atoms with Crippen molar-refractivity contribution in [3.63, 3.8) is 0 Å². The van der Waals surface area contributed by atoms with Crippen molar-refractivity contribution < 1.29 is 9.59 Å². The second kappa shape index (κ2) is 8.05. The van der Waals surface area contributed by atoms with E-state index >= 15 is 0 Å². The van der Waals surface area contributed by atoms with Crippen LogP contribution in [0.5, 0.6) is 0 Å². The van der Waals surface area contributed by atoms with Crippen LogP contribution in [0.3, 0.4) is 0 Å². The topological polar surface area (TPSA) is 83.1 Å². The number of aromatic nitrogens is 1. The van der Waals surface area contributed by atoms with Gasteiger partial charge in [0.15, 0.2) is 0 Å². The summed E-state index contributed by atoms with van der Waals surface area (Å²) in [4.78, 5) is 26.6. The highest BCUT2D eigenvalue weighted by atomic mass is 16.2. The molecule has 0 spiro atoms. The fourth-order valence-corrected chi connectivity index (χ4v) is 1.31. The van der Waals surface area contributed by atoms with Gasteiger partial charge in [-0.3, -0.25) is 15.2 Å². The zero-order chi connectivity index (χ0) is 13.2. The Bertz CT molecular complexity index is 381. The van der Waals surface area contributed by atoms with Gasteiger partial charge < -0.3 is 5.32 Å². The number of pyridine rings is 1. The quantitative estimate of drug-likeness (QED) is 0.542. The van der Waals surface area contributed by atoms with E-state index in [0.717, 1.165) is 19.3 Å². The predicted molar refractivity (Wildman–Crippen MR) is 67.8 cm³/mol. The summed E-state index contributed by atoms with van der Waals surface area (Å²) in [5, 5.41) is 2.65. The normalized spacial score (nSPS) is 9.61. The second-order valence-electron chi connectivity index (χ2n) is 3.78. The standard InChI is InChI=1S/C12H18N4O2/c1-2-3-4-7-14-12(18)16-15-11(17)10-5-8-13-9-6-10/h5-6,8-9H,2-4,7H2,1H3,(H,15,17)(H2,14,16,18). The van der Waals surface area contributed by atoms with E-state index in [1.54, 1.807) is 12.1 Å². The predicted octanol–water partition coefficient (Wildman–Crippen LogP) is 1.22. The molecule has 1 rings (SSSR count). The third-order valence-electron chi connectivity index (χ3n) is 2.30. The lowest BCUT2D eigenvalue weighted by atomic mass is 10.2. The Morgan fingerprint density at radius 1 is 1.17 bits per heavy atom. The van der Waals surface area contributed by atoms with Crippen LogP contribution < -0.4 is 16.2 Å². The van der Waals surface area contributed by atoms with Crippen LogP contribution in [0.25, 0.3) is 0 Å². The van der Waals surface area contributed by atoms with Crippen LogP contribution >= 0.6 is 0 Å². The largest absolute Gasteiger partial charge is 0.337 e. The van der Waals surface area contributed by atoms with E-state index < -0.39 is 6.03 Å². The number of hydrogen-bond acceptors (Lipinski definition) is 3. The molecule has 0 saturated carbocycles. The maximum absolute atomic E-state index is 11.5. The molecular weight excluding hydrogens is 232 g/mol. The summed E-state index contributed by atoms with van der Waals surface area (Å²) < 4.78 is 0. The van der Waals surface area contributed by atoms with E-state index in [1.807, 2.05) is 0 Å². The van der Waals surface area contributed by atoms with Gasteiger partial charge >= 0.3 is 6.03 Å². The highest BCUT2D eigenvalue weighted by Gasteiger charge is 2.05. The molecule has 0 fully saturated rings. The number of amides is 3. The molecule has 0 unspecified atom stereocenters. The SMILES string of the molecule is CCCCCNC(=O)NNC(=O)c1ccncc1. The number of carbonyl (C=O) groups excluding carboxylic acids is 2. The fourth-order valence-electron chi connectivity index (χ4n) is 1.31. The molecule has 1 heterocycles. The molecule has 18 heavy (non-hydrogen) atoms. The molecule has 0 saturated heterocycles. The maximum atomic E-state index is 11.5. The molecule has 0 atom stereocenters. The Balaban J connectivity index is 2.20. The highest BCUT2D eigenvalue weighted by molar-refractivity contribution is 5.95. The molecule has 0 bridgehead atoms. The molecule has 0 aliphatic heterocycles. The Kier molecular flexibility index (Phi) is 6.24. The number of hydrazine groups is 1. The average Bonchev–Trinajstić information content (AvgIpc) is 2.42. The van der Waals surface area contributed by atoms with Crippen LogP contribution in [0.2, 0.25) is 0 Å². The van der Waals surface area contributed by atoms with E-state index in [4.69, 9.17) is 0 Å². The zero-order valence-corrected chi connectivity index (χ0v) is 10.4. The Morgan fingerprint density at radius 3 is 2.56 bits per heavy atom. The molecule has 3 amide bonds. The minimum absolute atomic E-state index is 0.374. The van der Waals surface area contributed by atoms with Crippen LogP contribution in [0.15, 0.2) is 24.5 Å². The van der Waals surface area contributed by atoms with Crippen molar-refractivity contribution in [1.82, 2.24) is 21.2 Å². The lowest BCUT2D eigenvalue weighted by molar-refractivity contribution is 0.0936. The summed E-state index contributed by atoms with van der Waals surface area (Å²) in [5.41, 5.74) is 5.04. The van der Waals surface area contributed by atoms with Gasteiger partial charge in [0, 0.05) is 24.5 Å². The van der Waals surface area contributed by atoms with Gasteiger partial charge in [0.25, 0.3) is 5.91 Å². The number of urea groups is 1. The molecule has 6 heteroatoms. The number of nitrogens with zero attached hydrogens (tertiary/aromatic N) is 1. The lowest BCUT2D eigenvalue weighted by Gasteiger charge is -2.08. The molecule has 6 nitrogen and oxygen atoms in total. The number of nitrogens with one attached hydrogen (secondary N) is 3. The van der Waals surface area contributed by atoms with Crippen molar-refractivity contribution in [2.24, 2.45) is 0 Å². The van der Waals surface area contributed by atoms with Crippen LogP contribution in [0.4, 0.5) is 4.79 Å². The number of hydrogen-bond donors (Lipinski definition) is 3. The Labute approximate surface area is 106 Å². The van der Waals surface area contributed by atoms with Crippen LogP contribution in [-0.2, 0) is 0 Å². The van der Waals surface area contributed by atoms with Gasteiger partial charge in [0.1, 0.15) is 0 Å². The van der Waals surface area contributed by atoms with Gasteiger partial charge in [-0.2, -0.15) is 0 Å². The highest BCUT2D eigenvalue weighted by Crippen LogP contribution is 1.94. The van der Waals surface area contributed by atoms with Crippen LogP contribution in [-0.4, -0.2) is 23.5 Å². The molecule has 0 aromatic carbocycles. The van der Waals surface area contributed by atoms with E-state index in [9.17, 15) is 9.59 Å². The van der Waals surface area contributed by atoms with E-state index in [2.05, 4.69) is 28.1 Å². The van der Waals surface area contributed by atoms with Crippen molar-refractivity contribution in [3.8, 4) is 0 Å². The van der Waals surface area contributed by atoms with Gasteiger partial charge in [-0.05, 0) is 18.6 Å². The van der Waals surface area contributed by atoms with Crippen molar-refractivity contribution in [2.45, 2.75) is 26.2 Å². The minimum Gasteiger partial charge on any atom is -0.337 e. The maximum Gasteiger partial charge on any atom is 0.333 e. The first-order chi connectivity index (χ1) is 8.74. The third-order valence-corrected chi connectivity index (χ3v) is 2.30. The van der Waals surface area contributed by atoms with Crippen LogP contribution in [0.1, 0.15) is 36.5 Å². The molecule has 1 aromatic heterocycles. The van der Waals surface area contributed by atoms with Crippen molar-refractivity contribution in [2.75, 3.05) is 6.54 Å². The summed E-state index contributed by atoms with van der Waals surface area (Å²) in [6.45, 7) is 2.69. The minimum atomic E-state index is -0.409. The smallest absolute Gasteiger partial charge is 0.333 e. The van der Waals surface area contributed by atoms with Gasteiger partial charge in [-0.1, -0.05) is 19.8 Å². The van der Waals surface area contributed by atoms with Crippen molar-refractivity contribution >= 4 is 11.9 Å². The Hall–Kier alpha value is -2.11. The van der Waals surface area contributed by atoms with E-state index in [1.165, 1.54) is 12.4 Å². The summed E-state index contributed by atoms with van der Waals surface area (Å²) in [5.74, 6) is -0.374. The molecule has 0 aliphatic rings. The molecule has 98 valence electrons. The number of carbonyl (C=O) groups is 2. The van der Waals surface area contributed by atoms with Crippen molar-refractivity contribution in [3.05, 3.63) is 30.1 Å². The first kappa shape index (κ1) is 14.0. The van der Waals surface area contributed by atoms with Gasteiger partial charge in [0.2, 0.25) is 0 Å². The van der Waals surface area contributed by atoms with E-state index in [0.29, 0.717) is 12.1 Å². The van der Waals surface area contributed by atoms with Gasteiger partial charge in [-0.15, -0.1) is 0 Å². The molecular formula is C12H18N4O2. The summed E-state index contributed by atoms with van der Waals surface area (Å²) in [6, 6.07) is 2.72. The lowest BCUT2D eigenvalue weighted by Crippen LogP contribution is -2.47. The van der Waals surface area contributed by atoms with Crippen molar-refractivity contribution in [1.29, 1.82) is 0 Å². The summed E-state index contributed by atoms with van der Waals surface area (Å²) in [6.07, 6.45) is 6.13. The summed E-state index contributed by atoms with van der Waals surface area (Å²) >= 11 is 0. The summed E-state index contributed by atoms with van der Waals surface area (Å²) in [7, 11) is 0. The van der Waals surface area contributed by atoms with Gasteiger partial charge in [-0.25, -0.2) is 10.2 Å². The van der Waals surface area contributed by atoms with Crippen LogP contribution in [0, 0.1) is 0 Å². The molecule has 3 N–H and O–H groups in total. The average molecular weight is 250 g/mol. The molecule has 0 radical (unpaired) electrons. The zero-order valence-electron chi connectivity index (χ0n) is 10.4. The Morgan fingerprint density at radius 2 is 1.89 bits per heavy atom. The molecule has 0 aliphatic carbocycles. The monoisotopic (exact) mass is 250 g/mol.